The van der Waals surface area contributed by atoms with E-state index in [-0.39, 0.29) is 16.3 Å². The molecule has 0 aliphatic carbocycles. The molecule has 0 bridgehead atoms. The summed E-state index contributed by atoms with van der Waals surface area (Å²) >= 11 is 1.86. The van der Waals surface area contributed by atoms with Gasteiger partial charge in [0.2, 0.25) is 0 Å². The Hall–Kier alpha value is -1.24. The van der Waals surface area contributed by atoms with Crippen LogP contribution in [0.15, 0.2) is 35.3 Å². The van der Waals surface area contributed by atoms with Crippen LogP contribution in [0.3, 0.4) is 0 Å². The van der Waals surface area contributed by atoms with E-state index in [0.717, 1.165) is 45.1 Å². The molecule has 2 rings (SSSR count). The summed E-state index contributed by atoms with van der Waals surface area (Å²) in [5.74, 6) is 0.858. The average Bonchev–Trinajstić information content (AvgIpc) is 2.69. The van der Waals surface area contributed by atoms with Gasteiger partial charge in [0.1, 0.15) is 0 Å². The molecule has 1 aromatic carbocycles. The molecule has 1 aromatic rings. The lowest BCUT2D eigenvalue weighted by Crippen LogP contribution is -2.58. The molecule has 6 heteroatoms. The molecular formula is C21H36N4OS. The summed E-state index contributed by atoms with van der Waals surface area (Å²) in [6.45, 7) is 10.00. The number of aliphatic imine (C=N–C) groups is 1. The Morgan fingerprint density at radius 2 is 1.89 bits per heavy atom. The Balaban J connectivity index is 1.98. The van der Waals surface area contributed by atoms with E-state index in [9.17, 15) is 0 Å². The normalized spacial score (nSPS) is 18.8. The highest BCUT2D eigenvalue weighted by Gasteiger charge is 2.34. The van der Waals surface area contributed by atoms with Crippen LogP contribution in [0.25, 0.3) is 0 Å². The minimum atomic E-state index is 0.000151. The fourth-order valence-electron chi connectivity index (χ4n) is 3.26. The molecule has 27 heavy (non-hydrogen) atoms. The summed E-state index contributed by atoms with van der Waals surface area (Å²) in [4.78, 5) is 4.40. The van der Waals surface area contributed by atoms with Crippen molar-refractivity contribution in [2.24, 2.45) is 4.99 Å². The molecule has 1 heterocycles. The Labute approximate surface area is 169 Å². The lowest BCUT2D eigenvalue weighted by atomic mass is 9.88. The number of thioether (sulfide) groups is 1. The van der Waals surface area contributed by atoms with Gasteiger partial charge in [0.05, 0.1) is 0 Å². The second-order valence-corrected chi connectivity index (χ2v) is 9.43. The van der Waals surface area contributed by atoms with Crippen molar-refractivity contribution in [3.63, 3.8) is 0 Å². The van der Waals surface area contributed by atoms with Crippen LogP contribution in [0.1, 0.15) is 45.2 Å². The van der Waals surface area contributed by atoms with Crippen molar-refractivity contribution < 1.29 is 4.74 Å². The molecule has 3 N–H and O–H groups in total. The van der Waals surface area contributed by atoms with Crippen LogP contribution in [0, 0.1) is 0 Å². The largest absolute Gasteiger partial charge is 0.381 e. The van der Waals surface area contributed by atoms with E-state index in [4.69, 9.17) is 4.74 Å². The van der Waals surface area contributed by atoms with Crippen molar-refractivity contribution in [2.75, 3.05) is 39.6 Å². The zero-order chi connectivity index (χ0) is 19.8. The van der Waals surface area contributed by atoms with Crippen LogP contribution in [-0.4, -0.2) is 55.9 Å². The molecule has 1 aliphatic heterocycles. The van der Waals surface area contributed by atoms with Crippen molar-refractivity contribution in [2.45, 2.75) is 49.9 Å². The highest BCUT2D eigenvalue weighted by Crippen LogP contribution is 2.25. The fourth-order valence-corrected chi connectivity index (χ4v) is 3.48. The summed E-state index contributed by atoms with van der Waals surface area (Å²) in [5, 5.41) is 10.9. The average molecular weight is 393 g/mol. The highest BCUT2D eigenvalue weighted by atomic mass is 32.2. The summed E-state index contributed by atoms with van der Waals surface area (Å²) in [6.07, 6.45) is 4.12. The monoisotopic (exact) mass is 392 g/mol. The Morgan fingerprint density at radius 1 is 1.22 bits per heavy atom. The molecule has 1 saturated heterocycles. The second kappa shape index (κ2) is 10.3. The maximum Gasteiger partial charge on any atom is 0.191 e. The van der Waals surface area contributed by atoms with Crippen molar-refractivity contribution in [1.82, 2.24) is 16.0 Å². The van der Waals surface area contributed by atoms with Crippen LogP contribution in [0.4, 0.5) is 0 Å². The van der Waals surface area contributed by atoms with E-state index < -0.39 is 0 Å². The van der Waals surface area contributed by atoms with E-state index in [0.29, 0.717) is 0 Å². The third kappa shape index (κ3) is 7.01. The highest BCUT2D eigenvalue weighted by molar-refractivity contribution is 7.99. The van der Waals surface area contributed by atoms with Crippen LogP contribution in [0.2, 0.25) is 0 Å². The molecule has 0 aromatic heterocycles. The van der Waals surface area contributed by atoms with Gasteiger partial charge in [-0.3, -0.25) is 4.99 Å². The zero-order valence-corrected chi connectivity index (χ0v) is 18.3. The number of ether oxygens (including phenoxy) is 1. The van der Waals surface area contributed by atoms with E-state index >= 15 is 0 Å². The Bertz CT molecular complexity index is 585. The molecule has 1 fully saturated rings. The maximum atomic E-state index is 5.64. The lowest BCUT2D eigenvalue weighted by molar-refractivity contribution is 0.0355. The smallest absolute Gasteiger partial charge is 0.191 e. The Kier molecular flexibility index (Phi) is 8.45. The van der Waals surface area contributed by atoms with E-state index in [1.807, 2.05) is 18.8 Å². The van der Waals surface area contributed by atoms with Crippen LogP contribution in [0.5, 0.6) is 0 Å². The molecular weight excluding hydrogens is 356 g/mol. The van der Waals surface area contributed by atoms with Gasteiger partial charge in [-0.15, -0.1) is 0 Å². The van der Waals surface area contributed by atoms with E-state index in [1.165, 1.54) is 5.56 Å². The second-order valence-electron chi connectivity index (χ2n) is 7.91. The van der Waals surface area contributed by atoms with Gasteiger partial charge in [0, 0.05) is 49.7 Å². The topological polar surface area (TPSA) is 57.7 Å². The molecule has 5 nitrogen and oxygen atoms in total. The van der Waals surface area contributed by atoms with E-state index in [2.05, 4.69) is 78.3 Å². The van der Waals surface area contributed by atoms with Crippen molar-refractivity contribution in [3.05, 3.63) is 35.9 Å². The number of guanidine groups is 1. The number of rotatable bonds is 8. The molecule has 0 saturated carbocycles. The van der Waals surface area contributed by atoms with Crippen molar-refractivity contribution >= 4 is 17.7 Å². The molecule has 1 unspecified atom stereocenters. The fraction of sp³-hybridized carbons (Fsp3) is 0.667. The first-order chi connectivity index (χ1) is 12.9. The van der Waals surface area contributed by atoms with Gasteiger partial charge in [-0.25, -0.2) is 0 Å². The predicted octanol–water partition coefficient (Wildman–Crippen LogP) is 3.19. The maximum absolute atomic E-state index is 5.64. The number of benzene rings is 1. The van der Waals surface area contributed by atoms with Gasteiger partial charge in [0.25, 0.3) is 0 Å². The number of nitrogens with zero attached hydrogens (tertiary/aromatic N) is 1. The lowest BCUT2D eigenvalue weighted by Gasteiger charge is -2.41. The zero-order valence-electron chi connectivity index (χ0n) is 17.5. The summed E-state index contributed by atoms with van der Waals surface area (Å²) in [7, 11) is 1.83. The van der Waals surface area contributed by atoms with Gasteiger partial charge < -0.3 is 20.7 Å². The number of nitrogens with one attached hydrogen (secondary N) is 3. The van der Waals surface area contributed by atoms with Crippen molar-refractivity contribution in [3.8, 4) is 0 Å². The first-order valence-electron chi connectivity index (χ1n) is 9.80. The molecule has 152 valence electrons. The van der Waals surface area contributed by atoms with Gasteiger partial charge in [-0.05, 0) is 45.4 Å². The van der Waals surface area contributed by atoms with Crippen LogP contribution in [-0.2, 0) is 4.74 Å². The summed E-state index contributed by atoms with van der Waals surface area (Å²) in [6, 6.07) is 10.9. The van der Waals surface area contributed by atoms with Gasteiger partial charge >= 0.3 is 0 Å². The minimum absolute atomic E-state index is 0.000151. The molecule has 0 amide bonds. The third-order valence-electron chi connectivity index (χ3n) is 5.32. The summed E-state index contributed by atoms with van der Waals surface area (Å²) in [5.41, 5.74) is 1.31. The van der Waals surface area contributed by atoms with Crippen LogP contribution < -0.4 is 16.0 Å². The summed E-state index contributed by atoms with van der Waals surface area (Å²) < 4.78 is 5.81. The van der Waals surface area contributed by atoms with Crippen LogP contribution >= 0.6 is 11.8 Å². The predicted molar refractivity (Wildman–Crippen MR) is 118 cm³/mol. The van der Waals surface area contributed by atoms with Gasteiger partial charge in [-0.2, -0.15) is 11.8 Å². The number of hydrogen-bond donors (Lipinski definition) is 3. The molecule has 1 atom stereocenters. The van der Waals surface area contributed by atoms with Crippen molar-refractivity contribution in [1.29, 1.82) is 0 Å². The minimum Gasteiger partial charge on any atom is -0.381 e. The first kappa shape index (κ1) is 22.1. The van der Waals surface area contributed by atoms with Gasteiger partial charge in [0.15, 0.2) is 5.96 Å². The molecule has 0 radical (unpaired) electrons. The SMILES string of the molecule is CN=C(NCC1(NC(C)c2ccccc2)CCOCC1)NCC(C)(C)SC. The van der Waals surface area contributed by atoms with E-state index in [1.54, 1.807) is 0 Å². The van der Waals surface area contributed by atoms with Gasteiger partial charge in [-0.1, -0.05) is 30.3 Å². The number of hydrogen-bond acceptors (Lipinski definition) is 4. The molecule has 0 spiro atoms. The third-order valence-corrected chi connectivity index (χ3v) is 6.57. The Morgan fingerprint density at radius 3 is 2.48 bits per heavy atom. The standard InChI is InChI=1S/C21H36N4OS/c1-17(18-9-7-6-8-10-18)25-21(11-13-26-14-12-21)16-24-19(22-4)23-15-20(2,3)27-5/h6-10,17,25H,11-16H2,1-5H3,(H2,22,23,24). The first-order valence-corrected chi connectivity index (χ1v) is 11.0. The molecule has 1 aliphatic rings. The quantitative estimate of drug-likeness (QED) is 0.469.